The number of phenolic OH excluding ortho intramolecular Hbond substituents is 1. The van der Waals surface area contributed by atoms with Gasteiger partial charge in [0, 0.05) is 12.6 Å². The number of hydrogen-bond donors (Lipinski definition) is 2. The van der Waals surface area contributed by atoms with E-state index in [1.807, 2.05) is 13.8 Å². The van der Waals surface area contributed by atoms with E-state index in [9.17, 15) is 9.90 Å². The van der Waals surface area contributed by atoms with Gasteiger partial charge in [0.1, 0.15) is 5.75 Å². The van der Waals surface area contributed by atoms with Crippen molar-refractivity contribution < 1.29 is 9.90 Å². The van der Waals surface area contributed by atoms with Crippen LogP contribution in [0.2, 0.25) is 0 Å². The predicted molar refractivity (Wildman–Crippen MR) is 76.9 cm³/mol. The third kappa shape index (κ3) is 3.96. The fourth-order valence-electron chi connectivity index (χ4n) is 1.76. The maximum atomic E-state index is 12.3. The van der Waals surface area contributed by atoms with Crippen molar-refractivity contribution in [1.82, 2.24) is 4.90 Å². The molecule has 106 valence electrons. The van der Waals surface area contributed by atoms with Crippen LogP contribution in [0.25, 0.3) is 0 Å². The van der Waals surface area contributed by atoms with E-state index in [1.54, 1.807) is 36.2 Å². The Labute approximate surface area is 115 Å². The molecule has 4 nitrogen and oxygen atoms in total. The lowest BCUT2D eigenvalue weighted by atomic mass is 9.97. The Morgan fingerprint density at radius 3 is 2.37 bits per heavy atom. The SMILES string of the molecule is CCC(C)(C)N(C)C(=O)C(N)Cc1ccc(O)cc1. The summed E-state index contributed by atoms with van der Waals surface area (Å²) in [4.78, 5) is 14.0. The van der Waals surface area contributed by atoms with Crippen LogP contribution in [0.15, 0.2) is 24.3 Å². The molecule has 19 heavy (non-hydrogen) atoms. The van der Waals surface area contributed by atoms with Gasteiger partial charge >= 0.3 is 0 Å². The molecule has 0 aromatic heterocycles. The van der Waals surface area contributed by atoms with Gasteiger partial charge in [-0.05, 0) is 44.4 Å². The maximum absolute atomic E-state index is 12.3. The standard InChI is InChI=1S/C15H24N2O2/c1-5-15(2,3)17(4)14(19)13(16)10-11-6-8-12(18)9-7-11/h6-9,13,18H,5,10,16H2,1-4H3. The molecule has 4 heteroatoms. The smallest absolute Gasteiger partial charge is 0.240 e. The van der Waals surface area contributed by atoms with Gasteiger partial charge in [0.15, 0.2) is 0 Å². The van der Waals surface area contributed by atoms with Gasteiger partial charge in [0.05, 0.1) is 6.04 Å². The topological polar surface area (TPSA) is 66.6 Å². The first-order chi connectivity index (χ1) is 8.77. The molecule has 0 bridgehead atoms. The highest BCUT2D eigenvalue weighted by Crippen LogP contribution is 2.18. The Morgan fingerprint density at radius 2 is 1.89 bits per heavy atom. The number of nitrogens with two attached hydrogens (primary N) is 1. The van der Waals surface area contributed by atoms with Crippen molar-refractivity contribution in [2.45, 2.75) is 45.2 Å². The summed E-state index contributed by atoms with van der Waals surface area (Å²) in [7, 11) is 1.79. The Hall–Kier alpha value is -1.55. The summed E-state index contributed by atoms with van der Waals surface area (Å²) >= 11 is 0. The zero-order chi connectivity index (χ0) is 14.6. The minimum Gasteiger partial charge on any atom is -0.508 e. The van der Waals surface area contributed by atoms with Crippen LogP contribution in [0.3, 0.4) is 0 Å². The Bertz CT molecular complexity index is 426. The van der Waals surface area contributed by atoms with Gasteiger partial charge in [0.2, 0.25) is 5.91 Å². The van der Waals surface area contributed by atoms with Crippen LogP contribution in [0.4, 0.5) is 0 Å². The lowest BCUT2D eigenvalue weighted by molar-refractivity contribution is -0.136. The number of nitrogens with zero attached hydrogens (tertiary/aromatic N) is 1. The molecule has 0 spiro atoms. The monoisotopic (exact) mass is 264 g/mol. The number of carbonyl (C=O) groups excluding carboxylic acids is 1. The fraction of sp³-hybridized carbons (Fsp3) is 0.533. The number of amides is 1. The Balaban J connectivity index is 2.70. The zero-order valence-corrected chi connectivity index (χ0v) is 12.2. The molecule has 0 heterocycles. The molecule has 3 N–H and O–H groups in total. The van der Waals surface area contributed by atoms with E-state index in [4.69, 9.17) is 5.73 Å². The van der Waals surface area contributed by atoms with Gasteiger partial charge in [-0.25, -0.2) is 0 Å². The molecular weight excluding hydrogens is 240 g/mol. The minimum absolute atomic E-state index is 0.0556. The average Bonchev–Trinajstić information content (AvgIpc) is 2.39. The van der Waals surface area contributed by atoms with Gasteiger partial charge in [-0.1, -0.05) is 19.1 Å². The first-order valence-electron chi connectivity index (χ1n) is 6.59. The lowest BCUT2D eigenvalue weighted by Crippen LogP contribution is -2.51. The van der Waals surface area contributed by atoms with Crippen molar-refractivity contribution >= 4 is 5.91 Å². The molecule has 0 aliphatic carbocycles. The quantitative estimate of drug-likeness (QED) is 0.853. The first-order valence-corrected chi connectivity index (χ1v) is 6.59. The van der Waals surface area contributed by atoms with Gasteiger partial charge in [-0.2, -0.15) is 0 Å². The van der Waals surface area contributed by atoms with E-state index in [2.05, 4.69) is 6.92 Å². The van der Waals surface area contributed by atoms with Crippen LogP contribution in [-0.2, 0) is 11.2 Å². The van der Waals surface area contributed by atoms with E-state index in [0.717, 1.165) is 12.0 Å². The summed E-state index contributed by atoms with van der Waals surface area (Å²) in [6, 6.07) is 6.22. The second-order valence-corrected chi connectivity index (χ2v) is 5.54. The maximum Gasteiger partial charge on any atom is 0.240 e. The highest BCUT2D eigenvalue weighted by atomic mass is 16.3. The number of benzene rings is 1. The van der Waals surface area contributed by atoms with Crippen LogP contribution < -0.4 is 5.73 Å². The number of aromatic hydroxyl groups is 1. The molecule has 0 saturated heterocycles. The van der Waals surface area contributed by atoms with Crippen molar-refractivity contribution in [2.75, 3.05) is 7.05 Å². The molecular formula is C15H24N2O2. The minimum atomic E-state index is -0.555. The molecule has 0 saturated carbocycles. The van der Waals surface area contributed by atoms with Crippen molar-refractivity contribution in [3.05, 3.63) is 29.8 Å². The lowest BCUT2D eigenvalue weighted by Gasteiger charge is -2.36. The normalized spacial score (nSPS) is 13.1. The van der Waals surface area contributed by atoms with E-state index in [1.165, 1.54) is 0 Å². The second kappa shape index (κ2) is 6.06. The fourth-order valence-corrected chi connectivity index (χ4v) is 1.76. The van der Waals surface area contributed by atoms with Crippen molar-refractivity contribution in [3.8, 4) is 5.75 Å². The number of carbonyl (C=O) groups is 1. The van der Waals surface area contributed by atoms with Crippen molar-refractivity contribution in [1.29, 1.82) is 0 Å². The summed E-state index contributed by atoms with van der Waals surface area (Å²) in [6.07, 6.45) is 1.35. The summed E-state index contributed by atoms with van der Waals surface area (Å²) in [6.45, 7) is 6.10. The third-order valence-corrected chi connectivity index (χ3v) is 3.81. The van der Waals surface area contributed by atoms with E-state index < -0.39 is 6.04 Å². The molecule has 1 unspecified atom stereocenters. The molecule has 0 aliphatic heterocycles. The third-order valence-electron chi connectivity index (χ3n) is 3.81. The molecule has 1 rings (SSSR count). The van der Waals surface area contributed by atoms with E-state index in [-0.39, 0.29) is 17.2 Å². The number of rotatable bonds is 5. The zero-order valence-electron chi connectivity index (χ0n) is 12.2. The Kier molecular flexibility index (Phi) is 4.95. The summed E-state index contributed by atoms with van der Waals surface area (Å²) in [5.74, 6) is 0.160. The molecule has 1 aromatic carbocycles. The molecule has 0 aliphatic rings. The number of likely N-dealkylation sites (N-methyl/N-ethyl adjacent to an activating group) is 1. The van der Waals surface area contributed by atoms with Crippen LogP contribution >= 0.6 is 0 Å². The summed E-state index contributed by atoms with van der Waals surface area (Å²) < 4.78 is 0. The predicted octanol–water partition coefficient (Wildman–Crippen LogP) is 1.91. The van der Waals surface area contributed by atoms with Crippen molar-refractivity contribution in [3.63, 3.8) is 0 Å². The van der Waals surface area contributed by atoms with Gasteiger partial charge in [0.25, 0.3) is 0 Å². The van der Waals surface area contributed by atoms with Crippen LogP contribution in [-0.4, -0.2) is 34.5 Å². The van der Waals surface area contributed by atoms with Crippen LogP contribution in [0.5, 0.6) is 5.75 Å². The van der Waals surface area contributed by atoms with Gasteiger partial charge in [-0.15, -0.1) is 0 Å². The molecule has 1 amide bonds. The highest BCUT2D eigenvalue weighted by molar-refractivity contribution is 5.82. The average molecular weight is 264 g/mol. The van der Waals surface area contributed by atoms with Gasteiger partial charge in [-0.3, -0.25) is 4.79 Å². The largest absolute Gasteiger partial charge is 0.508 e. The second-order valence-electron chi connectivity index (χ2n) is 5.54. The van der Waals surface area contributed by atoms with Crippen LogP contribution in [0.1, 0.15) is 32.8 Å². The Morgan fingerprint density at radius 1 is 1.37 bits per heavy atom. The molecule has 1 aromatic rings. The molecule has 0 fully saturated rings. The van der Waals surface area contributed by atoms with Crippen molar-refractivity contribution in [2.24, 2.45) is 5.73 Å². The summed E-state index contributed by atoms with van der Waals surface area (Å²) in [5, 5.41) is 9.22. The first kappa shape index (κ1) is 15.5. The molecule has 0 radical (unpaired) electrons. The van der Waals surface area contributed by atoms with Crippen LogP contribution in [0, 0.1) is 0 Å². The van der Waals surface area contributed by atoms with E-state index in [0.29, 0.717) is 6.42 Å². The van der Waals surface area contributed by atoms with E-state index >= 15 is 0 Å². The molecule has 1 atom stereocenters. The summed E-state index contributed by atoms with van der Waals surface area (Å²) in [5.41, 5.74) is 6.74. The number of phenols is 1. The van der Waals surface area contributed by atoms with Gasteiger partial charge < -0.3 is 15.7 Å². The number of hydrogen-bond acceptors (Lipinski definition) is 3. The highest BCUT2D eigenvalue weighted by Gasteiger charge is 2.28.